The summed E-state index contributed by atoms with van der Waals surface area (Å²) in [5.41, 5.74) is 6.10. The monoisotopic (exact) mass is 231 g/mol. The molecule has 3 heteroatoms. The predicted molar refractivity (Wildman–Crippen MR) is 51.3 cm³/mol. The minimum Gasteiger partial charge on any atom is -0.322 e. The first-order valence-electron chi connectivity index (χ1n) is 3.65. The van der Waals surface area contributed by atoms with Gasteiger partial charge in [-0.15, -0.1) is 0 Å². The smallest absolute Gasteiger partial charge is 0.124 e. The lowest BCUT2D eigenvalue weighted by molar-refractivity contribution is 0.543. The summed E-state index contributed by atoms with van der Waals surface area (Å²) in [6.45, 7) is 3.68. The fourth-order valence-corrected chi connectivity index (χ4v) is 1.39. The summed E-state index contributed by atoms with van der Waals surface area (Å²) in [6, 6.07) is 4.68. The Hall–Kier alpha value is -0.410. The van der Waals surface area contributed by atoms with Crippen LogP contribution in [0.15, 0.2) is 22.7 Å². The molecule has 0 heterocycles. The van der Waals surface area contributed by atoms with Crippen LogP contribution in [0.1, 0.15) is 19.4 Å². The Morgan fingerprint density at radius 1 is 1.33 bits per heavy atom. The van der Waals surface area contributed by atoms with E-state index in [1.165, 1.54) is 12.1 Å². The van der Waals surface area contributed by atoms with Gasteiger partial charge in [-0.05, 0) is 37.6 Å². The van der Waals surface area contributed by atoms with E-state index in [0.29, 0.717) is 0 Å². The van der Waals surface area contributed by atoms with Gasteiger partial charge in [0.1, 0.15) is 5.82 Å². The molecule has 66 valence electrons. The van der Waals surface area contributed by atoms with Crippen molar-refractivity contribution in [3.05, 3.63) is 34.1 Å². The fraction of sp³-hybridized carbons (Fsp3) is 0.333. The van der Waals surface area contributed by atoms with Crippen molar-refractivity contribution in [2.75, 3.05) is 0 Å². The second kappa shape index (κ2) is 3.15. The summed E-state index contributed by atoms with van der Waals surface area (Å²) in [4.78, 5) is 0. The molecule has 0 bridgehead atoms. The average Bonchev–Trinajstić information content (AvgIpc) is 1.82. The van der Waals surface area contributed by atoms with Gasteiger partial charge in [-0.3, -0.25) is 0 Å². The Labute approximate surface area is 79.9 Å². The fourth-order valence-electron chi connectivity index (χ4n) is 0.926. The zero-order chi connectivity index (χ0) is 9.35. The molecule has 1 nitrogen and oxygen atoms in total. The van der Waals surface area contributed by atoms with Crippen molar-refractivity contribution in [1.82, 2.24) is 0 Å². The van der Waals surface area contributed by atoms with Crippen LogP contribution in [0, 0.1) is 5.82 Å². The molecule has 0 atom stereocenters. The third-order valence-electron chi connectivity index (χ3n) is 1.61. The Kier molecular flexibility index (Phi) is 2.54. The molecule has 0 radical (unpaired) electrons. The normalized spacial score (nSPS) is 11.8. The molecule has 0 aliphatic heterocycles. The van der Waals surface area contributed by atoms with Crippen molar-refractivity contribution in [3.8, 4) is 0 Å². The Morgan fingerprint density at radius 2 is 1.92 bits per heavy atom. The highest BCUT2D eigenvalue weighted by molar-refractivity contribution is 9.10. The number of hydrogen-bond donors (Lipinski definition) is 1. The lowest BCUT2D eigenvalue weighted by Crippen LogP contribution is -2.28. The van der Waals surface area contributed by atoms with E-state index in [9.17, 15) is 4.39 Å². The van der Waals surface area contributed by atoms with Crippen LogP contribution in [-0.2, 0) is 5.54 Å². The van der Waals surface area contributed by atoms with Crippen LogP contribution in [0.25, 0.3) is 0 Å². The number of halogens is 2. The molecule has 0 saturated heterocycles. The first-order chi connectivity index (χ1) is 5.39. The second-order valence-electron chi connectivity index (χ2n) is 3.38. The Balaban J connectivity index is 3.18. The summed E-state index contributed by atoms with van der Waals surface area (Å²) in [5, 5.41) is 0. The summed E-state index contributed by atoms with van der Waals surface area (Å²) in [5.74, 6) is -0.266. The molecule has 0 saturated carbocycles. The summed E-state index contributed by atoms with van der Waals surface area (Å²) in [6.07, 6.45) is 0. The van der Waals surface area contributed by atoms with Crippen LogP contribution >= 0.6 is 15.9 Å². The molecular weight excluding hydrogens is 221 g/mol. The molecule has 2 N–H and O–H groups in total. The van der Waals surface area contributed by atoms with Gasteiger partial charge >= 0.3 is 0 Å². The molecule has 12 heavy (non-hydrogen) atoms. The zero-order valence-electron chi connectivity index (χ0n) is 7.07. The van der Waals surface area contributed by atoms with Crippen LogP contribution in [0.5, 0.6) is 0 Å². The molecule has 0 unspecified atom stereocenters. The molecule has 1 aromatic rings. The maximum Gasteiger partial charge on any atom is 0.124 e. The molecule has 1 aromatic carbocycles. The Morgan fingerprint density at radius 3 is 2.33 bits per heavy atom. The van der Waals surface area contributed by atoms with Gasteiger partial charge in [-0.1, -0.05) is 15.9 Å². The topological polar surface area (TPSA) is 26.0 Å². The van der Waals surface area contributed by atoms with Gasteiger partial charge in [0.05, 0.1) is 0 Å². The lowest BCUT2D eigenvalue weighted by Gasteiger charge is -2.19. The minimum atomic E-state index is -0.495. The average molecular weight is 232 g/mol. The van der Waals surface area contributed by atoms with E-state index in [1.807, 2.05) is 19.9 Å². The van der Waals surface area contributed by atoms with Crippen molar-refractivity contribution < 1.29 is 4.39 Å². The van der Waals surface area contributed by atoms with E-state index >= 15 is 0 Å². The largest absolute Gasteiger partial charge is 0.322 e. The van der Waals surface area contributed by atoms with E-state index in [1.54, 1.807) is 0 Å². The molecule has 1 rings (SSSR count). The quantitative estimate of drug-likeness (QED) is 0.791. The summed E-state index contributed by atoms with van der Waals surface area (Å²) in [7, 11) is 0. The van der Waals surface area contributed by atoms with Gasteiger partial charge in [0.25, 0.3) is 0 Å². The molecule has 0 aromatic heterocycles. The minimum absolute atomic E-state index is 0.266. The van der Waals surface area contributed by atoms with Crippen molar-refractivity contribution >= 4 is 15.9 Å². The molecule has 0 fully saturated rings. The number of benzene rings is 1. The van der Waals surface area contributed by atoms with E-state index in [-0.39, 0.29) is 5.82 Å². The van der Waals surface area contributed by atoms with Crippen LogP contribution < -0.4 is 5.73 Å². The van der Waals surface area contributed by atoms with Crippen molar-refractivity contribution in [2.24, 2.45) is 5.73 Å². The SMILES string of the molecule is CC(C)(N)c1cc(F)cc(Br)c1. The highest BCUT2D eigenvalue weighted by Gasteiger charge is 2.15. The standard InChI is InChI=1S/C9H11BrFN/c1-9(2,12)6-3-7(10)5-8(11)4-6/h3-5H,12H2,1-2H3. The predicted octanol–water partition coefficient (Wildman–Crippen LogP) is 2.78. The molecule has 0 spiro atoms. The van der Waals surface area contributed by atoms with Gasteiger partial charge in [-0.2, -0.15) is 0 Å². The summed E-state index contributed by atoms with van der Waals surface area (Å²) >= 11 is 3.21. The molecule has 0 amide bonds. The van der Waals surface area contributed by atoms with Gasteiger partial charge in [0.15, 0.2) is 0 Å². The van der Waals surface area contributed by atoms with Gasteiger partial charge in [0, 0.05) is 10.0 Å². The van der Waals surface area contributed by atoms with Crippen LogP contribution in [0.2, 0.25) is 0 Å². The maximum absolute atomic E-state index is 12.9. The van der Waals surface area contributed by atoms with E-state index in [2.05, 4.69) is 15.9 Å². The molecule has 0 aliphatic rings. The van der Waals surface area contributed by atoms with Gasteiger partial charge < -0.3 is 5.73 Å². The van der Waals surface area contributed by atoms with Crippen LogP contribution in [0.4, 0.5) is 4.39 Å². The first kappa shape index (κ1) is 9.68. The van der Waals surface area contributed by atoms with Gasteiger partial charge in [-0.25, -0.2) is 4.39 Å². The van der Waals surface area contributed by atoms with E-state index < -0.39 is 5.54 Å². The van der Waals surface area contributed by atoms with Crippen LogP contribution in [0.3, 0.4) is 0 Å². The number of rotatable bonds is 1. The summed E-state index contributed by atoms with van der Waals surface area (Å²) < 4.78 is 13.6. The highest BCUT2D eigenvalue weighted by Crippen LogP contribution is 2.22. The van der Waals surface area contributed by atoms with Crippen molar-refractivity contribution in [2.45, 2.75) is 19.4 Å². The zero-order valence-corrected chi connectivity index (χ0v) is 8.65. The lowest BCUT2D eigenvalue weighted by atomic mass is 9.96. The van der Waals surface area contributed by atoms with E-state index in [0.717, 1.165) is 10.0 Å². The maximum atomic E-state index is 12.9. The van der Waals surface area contributed by atoms with E-state index in [4.69, 9.17) is 5.73 Å². The third kappa shape index (κ3) is 2.29. The molecular formula is C9H11BrFN. The number of nitrogens with two attached hydrogens (primary N) is 1. The first-order valence-corrected chi connectivity index (χ1v) is 4.44. The highest BCUT2D eigenvalue weighted by atomic mass is 79.9. The van der Waals surface area contributed by atoms with Crippen molar-refractivity contribution in [3.63, 3.8) is 0 Å². The third-order valence-corrected chi connectivity index (χ3v) is 2.06. The van der Waals surface area contributed by atoms with Gasteiger partial charge in [0.2, 0.25) is 0 Å². The number of hydrogen-bond acceptors (Lipinski definition) is 1. The van der Waals surface area contributed by atoms with Crippen LogP contribution in [-0.4, -0.2) is 0 Å². The van der Waals surface area contributed by atoms with Crippen molar-refractivity contribution in [1.29, 1.82) is 0 Å². The Bertz CT molecular complexity index is 271. The molecule has 0 aliphatic carbocycles. The second-order valence-corrected chi connectivity index (χ2v) is 4.30.